The zero-order chi connectivity index (χ0) is 10.4. The molecule has 2 atom stereocenters. The molecule has 0 saturated carbocycles. The number of nitrogens with one attached hydrogen (secondary N) is 1. The van der Waals surface area contributed by atoms with Crippen molar-refractivity contribution in [1.29, 1.82) is 0 Å². The predicted octanol–water partition coefficient (Wildman–Crippen LogP) is 1.11. The van der Waals surface area contributed by atoms with Gasteiger partial charge < -0.3 is 14.2 Å². The van der Waals surface area contributed by atoms with Crippen molar-refractivity contribution in [2.24, 2.45) is 0 Å². The second-order valence-corrected chi connectivity index (χ2v) is 3.27. The molecule has 4 nitrogen and oxygen atoms in total. The molecule has 0 amide bonds. The van der Waals surface area contributed by atoms with Crippen LogP contribution in [0.4, 0.5) is 0 Å². The maximum absolute atomic E-state index is 5.72. The highest BCUT2D eigenvalue weighted by Crippen LogP contribution is 2.14. The summed E-state index contributed by atoms with van der Waals surface area (Å²) in [6.45, 7) is 8.20. The molecular weight excluding hydrogens is 182 g/mol. The molecule has 0 aromatic rings. The van der Waals surface area contributed by atoms with Gasteiger partial charge in [-0.1, -0.05) is 6.92 Å². The molecule has 1 rings (SSSR count). The quantitative estimate of drug-likeness (QED) is 0.656. The number of rotatable bonds is 6. The first kappa shape index (κ1) is 11.9. The lowest BCUT2D eigenvalue weighted by Gasteiger charge is -2.23. The smallest absolute Gasteiger partial charge is 0.197 e. The Balaban J connectivity index is 2.36. The van der Waals surface area contributed by atoms with E-state index in [4.69, 9.17) is 14.2 Å². The zero-order valence-electron chi connectivity index (χ0n) is 9.29. The van der Waals surface area contributed by atoms with Crippen LogP contribution >= 0.6 is 0 Å². The minimum atomic E-state index is -0.276. The molecule has 4 heteroatoms. The molecule has 1 saturated heterocycles. The van der Waals surface area contributed by atoms with Crippen LogP contribution in [0, 0.1) is 0 Å². The van der Waals surface area contributed by atoms with E-state index in [1.54, 1.807) is 0 Å². The van der Waals surface area contributed by atoms with Crippen molar-refractivity contribution in [2.45, 2.75) is 45.8 Å². The average molecular weight is 203 g/mol. The Morgan fingerprint density at radius 2 is 1.93 bits per heavy atom. The van der Waals surface area contributed by atoms with Crippen LogP contribution < -0.4 is 5.32 Å². The molecule has 1 aliphatic rings. The summed E-state index contributed by atoms with van der Waals surface area (Å²) in [6.07, 6.45) is 0.930. The van der Waals surface area contributed by atoms with Gasteiger partial charge in [-0.2, -0.15) is 0 Å². The molecule has 2 unspecified atom stereocenters. The Hall–Kier alpha value is -0.160. The molecule has 1 fully saturated rings. The molecule has 1 aliphatic heterocycles. The summed E-state index contributed by atoms with van der Waals surface area (Å²) in [7, 11) is 0. The fraction of sp³-hybridized carbons (Fsp3) is 1.00. The monoisotopic (exact) mass is 203 g/mol. The third-order valence-electron chi connectivity index (χ3n) is 2.25. The fourth-order valence-electron chi connectivity index (χ4n) is 1.50. The lowest BCUT2D eigenvalue weighted by molar-refractivity contribution is -0.203. The maximum Gasteiger partial charge on any atom is 0.197 e. The van der Waals surface area contributed by atoms with Gasteiger partial charge >= 0.3 is 0 Å². The molecule has 1 heterocycles. The van der Waals surface area contributed by atoms with E-state index in [1.807, 2.05) is 13.8 Å². The Labute approximate surface area is 85.9 Å². The third kappa shape index (κ3) is 3.20. The Morgan fingerprint density at radius 3 is 2.36 bits per heavy atom. The molecule has 14 heavy (non-hydrogen) atoms. The normalized spacial score (nSPS) is 27.4. The third-order valence-corrected chi connectivity index (χ3v) is 2.25. The molecule has 0 aliphatic carbocycles. The summed E-state index contributed by atoms with van der Waals surface area (Å²) < 4.78 is 16.6. The minimum absolute atomic E-state index is 0.111. The minimum Gasteiger partial charge on any atom is -0.353 e. The predicted molar refractivity (Wildman–Crippen MR) is 54.0 cm³/mol. The fourth-order valence-corrected chi connectivity index (χ4v) is 1.50. The van der Waals surface area contributed by atoms with E-state index in [1.165, 1.54) is 0 Å². The largest absolute Gasteiger partial charge is 0.353 e. The van der Waals surface area contributed by atoms with Gasteiger partial charge in [0.15, 0.2) is 12.5 Å². The summed E-state index contributed by atoms with van der Waals surface area (Å²) in [4.78, 5) is 0. The van der Waals surface area contributed by atoms with E-state index in [2.05, 4.69) is 12.2 Å². The van der Waals surface area contributed by atoms with Crippen molar-refractivity contribution in [3.63, 3.8) is 0 Å². The summed E-state index contributed by atoms with van der Waals surface area (Å²) >= 11 is 0. The van der Waals surface area contributed by atoms with Crippen LogP contribution in [0.2, 0.25) is 0 Å². The summed E-state index contributed by atoms with van der Waals surface area (Å²) in [5.74, 6) is 0. The molecule has 0 aromatic heterocycles. The second kappa shape index (κ2) is 6.35. The van der Waals surface area contributed by atoms with Crippen molar-refractivity contribution >= 4 is 0 Å². The first-order chi connectivity index (χ1) is 6.81. The SMILES string of the molecule is CCOC(OCC)C1NCC(CC)O1. The Kier molecular flexibility index (Phi) is 5.40. The van der Waals surface area contributed by atoms with Crippen molar-refractivity contribution in [2.75, 3.05) is 19.8 Å². The van der Waals surface area contributed by atoms with Gasteiger partial charge in [0.05, 0.1) is 6.10 Å². The molecule has 0 bridgehead atoms. The molecular formula is C10H21NO3. The van der Waals surface area contributed by atoms with Gasteiger partial charge in [-0.3, -0.25) is 5.32 Å². The van der Waals surface area contributed by atoms with Gasteiger partial charge in [0, 0.05) is 19.8 Å². The van der Waals surface area contributed by atoms with Crippen LogP contribution in [-0.2, 0) is 14.2 Å². The Bertz CT molecular complexity index is 148. The van der Waals surface area contributed by atoms with Crippen molar-refractivity contribution < 1.29 is 14.2 Å². The highest BCUT2D eigenvalue weighted by Gasteiger charge is 2.31. The summed E-state index contributed by atoms with van der Waals surface area (Å²) in [6, 6.07) is 0. The van der Waals surface area contributed by atoms with Crippen LogP contribution in [0.1, 0.15) is 27.2 Å². The first-order valence-electron chi connectivity index (χ1n) is 5.43. The van der Waals surface area contributed by atoms with E-state index in [0.29, 0.717) is 19.3 Å². The van der Waals surface area contributed by atoms with Crippen LogP contribution in [0.25, 0.3) is 0 Å². The highest BCUT2D eigenvalue weighted by atomic mass is 16.7. The van der Waals surface area contributed by atoms with Gasteiger partial charge in [-0.25, -0.2) is 0 Å². The summed E-state index contributed by atoms with van der Waals surface area (Å²) in [5, 5.41) is 3.26. The van der Waals surface area contributed by atoms with Gasteiger partial charge in [0.2, 0.25) is 0 Å². The van der Waals surface area contributed by atoms with Gasteiger partial charge in [-0.15, -0.1) is 0 Å². The molecule has 0 aromatic carbocycles. The number of ether oxygens (including phenoxy) is 3. The van der Waals surface area contributed by atoms with Crippen molar-refractivity contribution in [3.05, 3.63) is 0 Å². The van der Waals surface area contributed by atoms with E-state index >= 15 is 0 Å². The van der Waals surface area contributed by atoms with Crippen LogP contribution in [-0.4, -0.2) is 38.4 Å². The topological polar surface area (TPSA) is 39.7 Å². The molecule has 84 valence electrons. The van der Waals surface area contributed by atoms with E-state index in [9.17, 15) is 0 Å². The van der Waals surface area contributed by atoms with Crippen molar-refractivity contribution in [3.8, 4) is 0 Å². The summed E-state index contributed by atoms with van der Waals surface area (Å²) in [5.41, 5.74) is 0. The second-order valence-electron chi connectivity index (χ2n) is 3.27. The van der Waals surface area contributed by atoms with Gasteiger partial charge in [0.1, 0.15) is 0 Å². The lowest BCUT2D eigenvalue weighted by Crippen LogP contribution is -2.39. The lowest BCUT2D eigenvalue weighted by atomic mass is 10.3. The molecule has 1 N–H and O–H groups in total. The van der Waals surface area contributed by atoms with Crippen LogP contribution in [0.3, 0.4) is 0 Å². The average Bonchev–Trinajstić information content (AvgIpc) is 2.65. The molecule has 0 spiro atoms. The first-order valence-corrected chi connectivity index (χ1v) is 5.43. The van der Waals surface area contributed by atoms with Gasteiger partial charge in [-0.05, 0) is 20.3 Å². The van der Waals surface area contributed by atoms with E-state index in [-0.39, 0.29) is 12.5 Å². The Morgan fingerprint density at radius 1 is 1.29 bits per heavy atom. The van der Waals surface area contributed by atoms with Crippen LogP contribution in [0.5, 0.6) is 0 Å². The standard InChI is InChI=1S/C10H21NO3/c1-4-8-7-11-9(14-8)10(12-5-2)13-6-3/h8-11H,4-7H2,1-3H3. The van der Waals surface area contributed by atoms with Crippen LogP contribution in [0.15, 0.2) is 0 Å². The number of hydrogen-bond acceptors (Lipinski definition) is 4. The van der Waals surface area contributed by atoms with E-state index in [0.717, 1.165) is 13.0 Å². The van der Waals surface area contributed by atoms with Gasteiger partial charge in [0.25, 0.3) is 0 Å². The maximum atomic E-state index is 5.72. The number of hydrogen-bond donors (Lipinski definition) is 1. The van der Waals surface area contributed by atoms with E-state index < -0.39 is 0 Å². The molecule has 0 radical (unpaired) electrons. The zero-order valence-corrected chi connectivity index (χ0v) is 9.29. The highest BCUT2D eigenvalue weighted by molar-refractivity contribution is 4.74. The van der Waals surface area contributed by atoms with Crippen molar-refractivity contribution in [1.82, 2.24) is 5.32 Å².